The minimum Gasteiger partial charge on any atom is -0.186 e. The summed E-state index contributed by atoms with van der Waals surface area (Å²) in [5.74, 6) is 0. The molecule has 0 amide bonds. The molecule has 72 valence electrons. The molecule has 0 heterocycles. The molecule has 0 aliphatic heterocycles. The maximum atomic E-state index is 12.8. The Bertz CT molecular complexity index is 286. The van der Waals surface area contributed by atoms with Gasteiger partial charge >= 0.3 is 5.25 Å². The Kier molecular flexibility index (Phi) is 3.25. The molecule has 13 heavy (non-hydrogen) atoms. The van der Waals surface area contributed by atoms with Crippen molar-refractivity contribution in [2.75, 3.05) is 0 Å². The molecule has 0 radical (unpaired) electrons. The van der Waals surface area contributed by atoms with Crippen LogP contribution < -0.4 is 0 Å². The van der Waals surface area contributed by atoms with E-state index in [1.165, 1.54) is 18.2 Å². The highest BCUT2D eigenvalue weighted by molar-refractivity contribution is 7.94. The zero-order valence-corrected chi connectivity index (χ0v) is 7.88. The van der Waals surface area contributed by atoms with Gasteiger partial charge in [-0.05, 0) is 18.1 Å². The Morgan fingerprint density at radius 1 is 1.38 bits per heavy atom. The van der Waals surface area contributed by atoms with Crippen molar-refractivity contribution in [2.24, 2.45) is 0 Å². The minimum absolute atomic E-state index is 0.278. The van der Waals surface area contributed by atoms with E-state index >= 15 is 0 Å². The fourth-order valence-electron chi connectivity index (χ4n) is 1.02. The first-order valence-electron chi connectivity index (χ1n) is 3.87. The zero-order chi connectivity index (χ0) is 9.90. The predicted octanol–water partition coefficient (Wildman–Crippen LogP) is 3.92. The van der Waals surface area contributed by atoms with Crippen molar-refractivity contribution in [3.63, 3.8) is 0 Å². The number of aryl methyl sites for hydroxylation is 1. The fourth-order valence-corrected chi connectivity index (χ4v) is 1.23. The molecule has 0 nitrogen and oxygen atoms in total. The van der Waals surface area contributed by atoms with E-state index in [1.54, 1.807) is 6.07 Å². The molecule has 0 bridgehead atoms. The SMILES string of the molecule is CCc1cccc(C(F)(F)SF)c1. The van der Waals surface area contributed by atoms with Crippen molar-refractivity contribution in [3.05, 3.63) is 35.4 Å². The second kappa shape index (κ2) is 4.05. The summed E-state index contributed by atoms with van der Waals surface area (Å²) in [5, 5.41) is -3.43. The molecule has 0 atom stereocenters. The normalized spacial score (nSPS) is 11.7. The average Bonchev–Trinajstić information content (AvgIpc) is 2.18. The Hall–Kier alpha value is -0.640. The van der Waals surface area contributed by atoms with Crippen molar-refractivity contribution >= 4 is 12.1 Å². The molecule has 0 spiro atoms. The highest BCUT2D eigenvalue weighted by atomic mass is 32.2. The van der Waals surface area contributed by atoms with Gasteiger partial charge < -0.3 is 0 Å². The minimum atomic E-state index is -3.43. The molecule has 0 saturated heterocycles. The van der Waals surface area contributed by atoms with Gasteiger partial charge in [-0.25, -0.2) is 0 Å². The maximum absolute atomic E-state index is 12.8. The predicted molar refractivity (Wildman–Crippen MR) is 48.4 cm³/mol. The van der Waals surface area contributed by atoms with Crippen LogP contribution in [0, 0.1) is 0 Å². The van der Waals surface area contributed by atoms with E-state index in [0.717, 1.165) is 5.56 Å². The molecule has 4 heteroatoms. The summed E-state index contributed by atoms with van der Waals surface area (Å²) in [7, 11) is 0. The Labute approximate surface area is 79.4 Å². The summed E-state index contributed by atoms with van der Waals surface area (Å²) in [6, 6.07) is 5.80. The van der Waals surface area contributed by atoms with Crippen LogP contribution in [0.25, 0.3) is 0 Å². The van der Waals surface area contributed by atoms with Crippen molar-refractivity contribution in [2.45, 2.75) is 18.6 Å². The summed E-state index contributed by atoms with van der Waals surface area (Å²) in [4.78, 5) is 0. The summed E-state index contributed by atoms with van der Waals surface area (Å²) in [6.45, 7) is 1.86. The van der Waals surface area contributed by atoms with Gasteiger partial charge in [0.05, 0.1) is 0 Å². The van der Waals surface area contributed by atoms with Gasteiger partial charge in [-0.1, -0.05) is 25.1 Å². The molecule has 0 unspecified atom stereocenters. The van der Waals surface area contributed by atoms with Crippen LogP contribution in [0.2, 0.25) is 0 Å². The lowest BCUT2D eigenvalue weighted by Gasteiger charge is -2.11. The smallest absolute Gasteiger partial charge is 0.186 e. The second-order valence-electron chi connectivity index (χ2n) is 2.65. The van der Waals surface area contributed by atoms with Gasteiger partial charge in [0, 0.05) is 5.56 Å². The Balaban J connectivity index is 3.01. The van der Waals surface area contributed by atoms with E-state index in [0.29, 0.717) is 6.42 Å². The first kappa shape index (κ1) is 10.4. The van der Waals surface area contributed by atoms with Crippen LogP contribution >= 0.6 is 12.1 Å². The highest BCUT2D eigenvalue weighted by Gasteiger charge is 2.33. The zero-order valence-electron chi connectivity index (χ0n) is 7.06. The third-order valence-electron chi connectivity index (χ3n) is 1.77. The fraction of sp³-hybridized carbons (Fsp3) is 0.333. The third-order valence-corrected chi connectivity index (χ3v) is 2.20. The van der Waals surface area contributed by atoms with Crippen LogP contribution in [0.5, 0.6) is 0 Å². The molecule has 1 rings (SSSR count). The van der Waals surface area contributed by atoms with E-state index in [-0.39, 0.29) is 5.56 Å². The van der Waals surface area contributed by atoms with E-state index < -0.39 is 17.4 Å². The molecule has 0 fully saturated rings. The summed E-state index contributed by atoms with van der Waals surface area (Å²) >= 11 is -0.934. The number of alkyl halides is 2. The van der Waals surface area contributed by atoms with Crippen molar-refractivity contribution in [1.82, 2.24) is 0 Å². The molecule has 1 aromatic rings. The van der Waals surface area contributed by atoms with E-state index in [9.17, 15) is 12.7 Å². The van der Waals surface area contributed by atoms with Crippen LogP contribution in [0.1, 0.15) is 18.1 Å². The molecule has 0 aromatic heterocycles. The summed E-state index contributed by atoms with van der Waals surface area (Å²) in [5.41, 5.74) is 0.505. The number of hydrogen-bond donors (Lipinski definition) is 0. The van der Waals surface area contributed by atoms with Crippen LogP contribution in [0.3, 0.4) is 0 Å². The van der Waals surface area contributed by atoms with Gasteiger partial charge in [0.1, 0.15) is 12.1 Å². The van der Waals surface area contributed by atoms with Gasteiger partial charge in [-0.2, -0.15) is 12.7 Å². The van der Waals surface area contributed by atoms with E-state index in [1.807, 2.05) is 6.92 Å². The Morgan fingerprint density at radius 2 is 2.08 bits per heavy atom. The first-order valence-corrected chi connectivity index (χ1v) is 4.59. The van der Waals surface area contributed by atoms with Gasteiger partial charge in [0.2, 0.25) is 0 Å². The molecule has 0 saturated carbocycles. The first-order chi connectivity index (χ1) is 6.10. The second-order valence-corrected chi connectivity index (χ2v) is 3.31. The molecular formula is C9H9F3S. The lowest BCUT2D eigenvalue weighted by molar-refractivity contribution is 0.101. The van der Waals surface area contributed by atoms with E-state index in [4.69, 9.17) is 0 Å². The third kappa shape index (κ3) is 2.40. The lowest BCUT2D eigenvalue weighted by Crippen LogP contribution is -2.06. The van der Waals surface area contributed by atoms with Crippen LogP contribution in [-0.4, -0.2) is 0 Å². The summed E-state index contributed by atoms with van der Waals surface area (Å²) < 4.78 is 37.4. The quantitative estimate of drug-likeness (QED) is 0.722. The molecule has 1 aromatic carbocycles. The van der Waals surface area contributed by atoms with Gasteiger partial charge in [0.15, 0.2) is 0 Å². The maximum Gasteiger partial charge on any atom is 0.348 e. The molecular weight excluding hydrogens is 197 g/mol. The summed E-state index contributed by atoms with van der Waals surface area (Å²) in [6.07, 6.45) is 0.668. The lowest BCUT2D eigenvalue weighted by atomic mass is 10.1. The number of benzene rings is 1. The van der Waals surface area contributed by atoms with Crippen molar-refractivity contribution in [1.29, 1.82) is 0 Å². The molecule has 0 aliphatic carbocycles. The van der Waals surface area contributed by atoms with Crippen LogP contribution in [0.4, 0.5) is 12.7 Å². The van der Waals surface area contributed by atoms with Gasteiger partial charge in [-0.3, -0.25) is 0 Å². The topological polar surface area (TPSA) is 0 Å². The Morgan fingerprint density at radius 3 is 2.62 bits per heavy atom. The monoisotopic (exact) mass is 206 g/mol. The van der Waals surface area contributed by atoms with Crippen LogP contribution in [0.15, 0.2) is 24.3 Å². The van der Waals surface area contributed by atoms with Crippen molar-refractivity contribution < 1.29 is 12.7 Å². The number of halogens is 3. The van der Waals surface area contributed by atoms with Crippen molar-refractivity contribution in [3.8, 4) is 0 Å². The average molecular weight is 206 g/mol. The van der Waals surface area contributed by atoms with Crippen LogP contribution in [-0.2, 0) is 11.7 Å². The highest BCUT2D eigenvalue weighted by Crippen LogP contribution is 2.40. The number of rotatable bonds is 3. The number of hydrogen-bond acceptors (Lipinski definition) is 1. The standard InChI is InChI=1S/C9H9F3S/c1-2-7-4-3-5-8(6-7)9(10,11)13-12/h3-6H,2H2,1H3. The molecule has 0 aliphatic rings. The van der Waals surface area contributed by atoms with Gasteiger partial charge in [0.25, 0.3) is 0 Å². The van der Waals surface area contributed by atoms with Gasteiger partial charge in [-0.15, -0.1) is 0 Å². The van der Waals surface area contributed by atoms with E-state index in [2.05, 4.69) is 0 Å². The largest absolute Gasteiger partial charge is 0.348 e. The molecule has 0 N–H and O–H groups in total.